The van der Waals surface area contributed by atoms with Gasteiger partial charge in [-0.25, -0.2) is 9.78 Å². The molecule has 1 aromatic carbocycles. The minimum atomic E-state index is -1.03. The van der Waals surface area contributed by atoms with E-state index >= 15 is 0 Å². The summed E-state index contributed by atoms with van der Waals surface area (Å²) in [6, 6.07) is 5.63. The summed E-state index contributed by atoms with van der Waals surface area (Å²) >= 11 is 1.40. The summed E-state index contributed by atoms with van der Waals surface area (Å²) in [5.41, 5.74) is 1.84. The zero-order valence-electron chi connectivity index (χ0n) is 10.1. The van der Waals surface area contributed by atoms with Gasteiger partial charge in [0, 0.05) is 17.1 Å². The topological polar surface area (TPSA) is 73.1 Å². The first-order valence-electron chi connectivity index (χ1n) is 5.82. The van der Waals surface area contributed by atoms with E-state index in [1.54, 1.807) is 4.40 Å². The standard InChI is InChI=1S/C13H8N2O4S/c16-12(17)8-4-15-9(5-20-13(15)14-8)7-1-2-10-11(3-7)19-6-18-10/h1-5H,6H2,(H,16,17). The summed E-state index contributed by atoms with van der Waals surface area (Å²) < 4.78 is 12.4. The predicted octanol–water partition coefficient (Wildman–Crippen LogP) is 2.49. The van der Waals surface area contributed by atoms with Crippen LogP contribution in [-0.4, -0.2) is 27.3 Å². The van der Waals surface area contributed by atoms with Crippen LogP contribution in [0, 0.1) is 0 Å². The first-order valence-corrected chi connectivity index (χ1v) is 6.70. The molecule has 6 nitrogen and oxygen atoms in total. The van der Waals surface area contributed by atoms with Crippen molar-refractivity contribution in [2.45, 2.75) is 0 Å². The Bertz CT molecular complexity index is 836. The average molecular weight is 288 g/mol. The fraction of sp³-hybridized carbons (Fsp3) is 0.0769. The molecular weight excluding hydrogens is 280 g/mol. The minimum Gasteiger partial charge on any atom is -0.476 e. The molecule has 0 amide bonds. The average Bonchev–Trinajstić information content (AvgIpc) is 3.12. The highest BCUT2D eigenvalue weighted by Crippen LogP contribution is 2.37. The lowest BCUT2D eigenvalue weighted by atomic mass is 10.1. The summed E-state index contributed by atoms with van der Waals surface area (Å²) in [6.07, 6.45) is 1.52. The van der Waals surface area contributed by atoms with Gasteiger partial charge in [0.25, 0.3) is 0 Å². The molecule has 0 bridgehead atoms. The van der Waals surface area contributed by atoms with E-state index in [0.717, 1.165) is 17.0 Å². The minimum absolute atomic E-state index is 0.0406. The number of carbonyl (C=O) groups is 1. The second-order valence-electron chi connectivity index (χ2n) is 4.27. The van der Waals surface area contributed by atoms with Gasteiger partial charge in [0.15, 0.2) is 22.2 Å². The van der Waals surface area contributed by atoms with E-state index in [0.29, 0.717) is 10.7 Å². The van der Waals surface area contributed by atoms with Gasteiger partial charge in [-0.1, -0.05) is 0 Å². The molecule has 0 unspecified atom stereocenters. The number of imidazole rings is 1. The van der Waals surface area contributed by atoms with Crippen LogP contribution in [0.25, 0.3) is 16.2 Å². The van der Waals surface area contributed by atoms with E-state index in [2.05, 4.69) is 4.98 Å². The molecule has 1 N–H and O–H groups in total. The van der Waals surface area contributed by atoms with Gasteiger partial charge in [0.1, 0.15) is 0 Å². The molecule has 0 saturated heterocycles. The lowest BCUT2D eigenvalue weighted by Gasteiger charge is -2.01. The van der Waals surface area contributed by atoms with Crippen LogP contribution in [0.3, 0.4) is 0 Å². The molecule has 0 radical (unpaired) electrons. The number of rotatable bonds is 2. The normalized spacial score (nSPS) is 13.0. The molecule has 1 aliphatic rings. The van der Waals surface area contributed by atoms with Crippen molar-refractivity contribution in [2.24, 2.45) is 0 Å². The third-order valence-corrected chi connectivity index (χ3v) is 3.94. The Morgan fingerprint density at radius 1 is 1.35 bits per heavy atom. The fourth-order valence-corrected chi connectivity index (χ4v) is 3.03. The first-order chi connectivity index (χ1) is 9.72. The number of aromatic carboxylic acids is 1. The maximum absolute atomic E-state index is 11.0. The van der Waals surface area contributed by atoms with Gasteiger partial charge in [0.05, 0.1) is 5.69 Å². The second-order valence-corrected chi connectivity index (χ2v) is 5.11. The van der Waals surface area contributed by atoms with Crippen molar-refractivity contribution in [2.75, 3.05) is 6.79 Å². The van der Waals surface area contributed by atoms with Crippen LogP contribution < -0.4 is 9.47 Å². The highest BCUT2D eigenvalue weighted by Gasteiger charge is 2.17. The van der Waals surface area contributed by atoms with Gasteiger partial charge < -0.3 is 14.6 Å². The van der Waals surface area contributed by atoms with Gasteiger partial charge in [-0.3, -0.25) is 4.40 Å². The van der Waals surface area contributed by atoms with Crippen LogP contribution in [-0.2, 0) is 0 Å². The molecule has 100 valence electrons. The number of carboxylic acids is 1. The number of nitrogens with zero attached hydrogens (tertiary/aromatic N) is 2. The van der Waals surface area contributed by atoms with E-state index in [1.807, 2.05) is 23.6 Å². The first kappa shape index (κ1) is 11.3. The van der Waals surface area contributed by atoms with Gasteiger partial charge >= 0.3 is 5.97 Å². The molecule has 0 atom stereocenters. The Morgan fingerprint density at radius 2 is 2.20 bits per heavy atom. The van der Waals surface area contributed by atoms with Crippen molar-refractivity contribution >= 4 is 22.3 Å². The summed E-state index contributed by atoms with van der Waals surface area (Å²) in [6.45, 7) is 0.228. The summed E-state index contributed by atoms with van der Waals surface area (Å²) in [7, 11) is 0. The van der Waals surface area contributed by atoms with Crippen molar-refractivity contribution in [3.05, 3.63) is 35.5 Å². The molecule has 4 rings (SSSR count). The molecule has 2 aromatic heterocycles. The Morgan fingerprint density at radius 3 is 3.05 bits per heavy atom. The maximum Gasteiger partial charge on any atom is 0.356 e. The fourth-order valence-electron chi connectivity index (χ4n) is 2.15. The van der Waals surface area contributed by atoms with Crippen molar-refractivity contribution in [1.29, 1.82) is 0 Å². The Balaban J connectivity index is 1.87. The number of ether oxygens (including phenoxy) is 2. The zero-order valence-corrected chi connectivity index (χ0v) is 10.9. The van der Waals surface area contributed by atoms with Crippen LogP contribution in [0.2, 0.25) is 0 Å². The molecular formula is C13H8N2O4S. The summed E-state index contributed by atoms with van der Waals surface area (Å²) in [5.74, 6) is 0.384. The van der Waals surface area contributed by atoms with Crippen LogP contribution in [0.5, 0.6) is 11.5 Å². The molecule has 0 spiro atoms. The summed E-state index contributed by atoms with van der Waals surface area (Å²) in [5, 5.41) is 10.9. The number of thiazole rings is 1. The van der Waals surface area contributed by atoms with Gasteiger partial charge in [-0.2, -0.15) is 0 Å². The summed E-state index contributed by atoms with van der Waals surface area (Å²) in [4.78, 5) is 15.7. The highest BCUT2D eigenvalue weighted by atomic mass is 32.1. The molecule has 1 aliphatic heterocycles. The highest BCUT2D eigenvalue weighted by molar-refractivity contribution is 7.15. The SMILES string of the molecule is O=C(O)c1cn2c(-c3ccc4c(c3)OCO4)csc2n1. The molecule has 7 heteroatoms. The molecule has 0 fully saturated rings. The lowest BCUT2D eigenvalue weighted by molar-refractivity contribution is 0.0691. The van der Waals surface area contributed by atoms with Crippen LogP contribution in [0.15, 0.2) is 29.8 Å². The van der Waals surface area contributed by atoms with Crippen molar-refractivity contribution in [1.82, 2.24) is 9.38 Å². The van der Waals surface area contributed by atoms with Gasteiger partial charge in [0.2, 0.25) is 6.79 Å². The predicted molar refractivity (Wildman–Crippen MR) is 71.6 cm³/mol. The largest absolute Gasteiger partial charge is 0.476 e. The van der Waals surface area contributed by atoms with E-state index in [-0.39, 0.29) is 12.5 Å². The van der Waals surface area contributed by atoms with Crippen LogP contribution in [0.1, 0.15) is 10.5 Å². The molecule has 20 heavy (non-hydrogen) atoms. The van der Waals surface area contributed by atoms with E-state index in [4.69, 9.17) is 14.6 Å². The Labute approximate surface area is 116 Å². The number of fused-ring (bicyclic) bond motifs is 2. The zero-order chi connectivity index (χ0) is 13.7. The van der Waals surface area contributed by atoms with Crippen LogP contribution in [0.4, 0.5) is 0 Å². The van der Waals surface area contributed by atoms with Crippen molar-refractivity contribution in [3.63, 3.8) is 0 Å². The van der Waals surface area contributed by atoms with Crippen molar-refractivity contribution in [3.8, 4) is 22.8 Å². The number of aromatic nitrogens is 2. The maximum atomic E-state index is 11.0. The smallest absolute Gasteiger partial charge is 0.356 e. The molecule has 0 aliphatic carbocycles. The molecule has 3 aromatic rings. The third kappa shape index (κ3) is 1.56. The van der Waals surface area contributed by atoms with Gasteiger partial charge in [-0.05, 0) is 18.2 Å². The van der Waals surface area contributed by atoms with Crippen molar-refractivity contribution < 1.29 is 19.4 Å². The lowest BCUT2D eigenvalue weighted by Crippen LogP contribution is -1.95. The Hall–Kier alpha value is -2.54. The van der Waals surface area contributed by atoms with E-state index in [1.165, 1.54) is 17.5 Å². The Kier molecular flexibility index (Phi) is 2.25. The van der Waals surface area contributed by atoms with Crippen LogP contribution >= 0.6 is 11.3 Å². The molecule has 0 saturated carbocycles. The quantitative estimate of drug-likeness (QED) is 0.784. The molecule has 3 heterocycles. The van der Waals surface area contributed by atoms with E-state index < -0.39 is 5.97 Å². The number of hydrogen-bond donors (Lipinski definition) is 1. The van der Waals surface area contributed by atoms with Gasteiger partial charge in [-0.15, -0.1) is 11.3 Å². The second kappa shape index (κ2) is 3.97. The van der Waals surface area contributed by atoms with E-state index in [9.17, 15) is 4.79 Å². The number of hydrogen-bond acceptors (Lipinski definition) is 5. The number of carboxylic acid groups (broad SMARTS) is 1. The monoisotopic (exact) mass is 288 g/mol. The third-order valence-electron chi connectivity index (χ3n) is 3.10. The number of benzene rings is 1.